The van der Waals surface area contributed by atoms with Crippen molar-refractivity contribution >= 4 is 23.3 Å². The molecule has 0 aliphatic carbocycles. The van der Waals surface area contributed by atoms with Crippen molar-refractivity contribution in [1.29, 1.82) is 0 Å². The lowest BCUT2D eigenvalue weighted by Gasteiger charge is -2.13. The SMILES string of the molecule is COC(=O)c1nc(Cl)c(F)c(N)c1-c1cc(F)c(F)cc1F. The van der Waals surface area contributed by atoms with Crippen molar-refractivity contribution in [3.63, 3.8) is 0 Å². The first-order chi connectivity index (χ1) is 10.3. The van der Waals surface area contributed by atoms with Gasteiger partial charge in [0.2, 0.25) is 0 Å². The summed E-state index contributed by atoms with van der Waals surface area (Å²) in [5, 5.41) is -0.746. The van der Waals surface area contributed by atoms with E-state index in [9.17, 15) is 22.4 Å². The molecule has 116 valence electrons. The molecule has 2 N–H and O–H groups in total. The molecule has 1 heterocycles. The fourth-order valence-electron chi connectivity index (χ4n) is 1.78. The molecule has 0 aliphatic rings. The Morgan fingerprint density at radius 2 is 1.77 bits per heavy atom. The van der Waals surface area contributed by atoms with E-state index in [0.29, 0.717) is 6.07 Å². The van der Waals surface area contributed by atoms with Gasteiger partial charge in [-0.3, -0.25) is 0 Å². The van der Waals surface area contributed by atoms with E-state index in [1.165, 1.54) is 0 Å². The molecule has 0 amide bonds. The van der Waals surface area contributed by atoms with Crippen LogP contribution in [0, 0.1) is 23.3 Å². The van der Waals surface area contributed by atoms with Gasteiger partial charge in [0, 0.05) is 17.2 Å². The van der Waals surface area contributed by atoms with Crippen LogP contribution in [-0.2, 0) is 4.74 Å². The number of aromatic nitrogens is 1. The van der Waals surface area contributed by atoms with Gasteiger partial charge in [0.1, 0.15) is 5.82 Å². The molecule has 0 radical (unpaired) electrons. The van der Waals surface area contributed by atoms with Crippen LogP contribution in [0.2, 0.25) is 5.15 Å². The van der Waals surface area contributed by atoms with Crippen molar-refractivity contribution in [2.45, 2.75) is 0 Å². The number of nitrogen functional groups attached to an aromatic ring is 1. The molecule has 0 spiro atoms. The van der Waals surface area contributed by atoms with Crippen molar-refractivity contribution in [2.24, 2.45) is 0 Å². The van der Waals surface area contributed by atoms with Crippen LogP contribution in [0.4, 0.5) is 23.2 Å². The standard InChI is InChI=1S/C13H7ClF4N2O2/c1-22-13(21)11-8(10(19)9(18)12(14)20-11)4-2-6(16)7(17)3-5(4)15/h2-3H,1H3,(H2,19,20). The molecule has 22 heavy (non-hydrogen) atoms. The summed E-state index contributed by atoms with van der Waals surface area (Å²) in [5.74, 6) is -6.47. The molecule has 0 fully saturated rings. The third-order valence-corrected chi connectivity index (χ3v) is 3.04. The van der Waals surface area contributed by atoms with E-state index in [1.54, 1.807) is 0 Å². The molecular weight excluding hydrogens is 328 g/mol. The molecule has 1 aromatic heterocycles. The number of benzene rings is 1. The maximum absolute atomic E-state index is 13.9. The van der Waals surface area contributed by atoms with Crippen LogP contribution in [-0.4, -0.2) is 18.1 Å². The number of carbonyl (C=O) groups excluding carboxylic acids is 1. The summed E-state index contributed by atoms with van der Waals surface area (Å²) in [7, 11) is 0.989. The Morgan fingerprint density at radius 1 is 1.18 bits per heavy atom. The van der Waals surface area contributed by atoms with Crippen LogP contribution < -0.4 is 5.73 Å². The predicted octanol–water partition coefficient (Wildman–Crippen LogP) is 3.33. The minimum atomic E-state index is -1.46. The number of rotatable bonds is 2. The summed E-state index contributed by atoms with van der Waals surface area (Å²) in [6, 6.07) is 0.662. The van der Waals surface area contributed by atoms with Crippen molar-refractivity contribution in [2.75, 3.05) is 12.8 Å². The maximum Gasteiger partial charge on any atom is 0.357 e. The number of ether oxygens (including phenoxy) is 1. The number of anilines is 1. The highest BCUT2D eigenvalue weighted by molar-refractivity contribution is 6.30. The van der Waals surface area contributed by atoms with Crippen molar-refractivity contribution < 1.29 is 27.1 Å². The summed E-state index contributed by atoms with van der Waals surface area (Å²) in [4.78, 5) is 15.1. The quantitative estimate of drug-likeness (QED) is 0.396. The Kier molecular flexibility index (Phi) is 4.23. The van der Waals surface area contributed by atoms with Crippen LogP contribution in [0.15, 0.2) is 12.1 Å². The summed E-state index contributed by atoms with van der Waals surface area (Å²) >= 11 is 5.47. The Labute approximate surface area is 126 Å². The first-order valence-electron chi connectivity index (χ1n) is 5.65. The van der Waals surface area contributed by atoms with Gasteiger partial charge in [-0.25, -0.2) is 27.3 Å². The smallest absolute Gasteiger partial charge is 0.357 e. The van der Waals surface area contributed by atoms with Crippen molar-refractivity contribution in [3.8, 4) is 11.1 Å². The topological polar surface area (TPSA) is 65.2 Å². The number of hydrogen-bond donors (Lipinski definition) is 1. The minimum absolute atomic E-state index is 0.234. The number of pyridine rings is 1. The molecule has 2 aromatic rings. The number of nitrogens with two attached hydrogens (primary N) is 1. The Balaban J connectivity index is 2.87. The van der Waals surface area contributed by atoms with Crippen LogP contribution in [0.3, 0.4) is 0 Å². The fraction of sp³-hybridized carbons (Fsp3) is 0.0769. The van der Waals surface area contributed by atoms with Gasteiger partial charge in [0.25, 0.3) is 0 Å². The summed E-state index contributed by atoms with van der Waals surface area (Å²) < 4.78 is 58.4. The highest BCUT2D eigenvalue weighted by Gasteiger charge is 2.26. The summed E-state index contributed by atoms with van der Waals surface area (Å²) in [6.45, 7) is 0. The third kappa shape index (κ3) is 2.57. The van der Waals surface area contributed by atoms with Gasteiger partial charge in [-0.15, -0.1) is 0 Å². The third-order valence-electron chi connectivity index (χ3n) is 2.79. The molecule has 0 unspecified atom stereocenters. The van der Waals surface area contributed by atoms with Crippen LogP contribution in [0.5, 0.6) is 0 Å². The zero-order valence-corrected chi connectivity index (χ0v) is 11.6. The van der Waals surface area contributed by atoms with Crippen molar-refractivity contribution in [1.82, 2.24) is 4.98 Å². The van der Waals surface area contributed by atoms with E-state index >= 15 is 0 Å². The van der Waals surface area contributed by atoms with Crippen LogP contribution in [0.1, 0.15) is 10.5 Å². The molecule has 0 atom stereocenters. The first-order valence-corrected chi connectivity index (χ1v) is 6.03. The van der Waals surface area contributed by atoms with Gasteiger partial charge in [0.15, 0.2) is 28.3 Å². The van der Waals surface area contributed by atoms with Gasteiger partial charge < -0.3 is 10.5 Å². The molecule has 1 aromatic carbocycles. The fourth-order valence-corrected chi connectivity index (χ4v) is 1.97. The predicted molar refractivity (Wildman–Crippen MR) is 70.3 cm³/mol. The zero-order chi connectivity index (χ0) is 16.6. The monoisotopic (exact) mass is 334 g/mol. The maximum atomic E-state index is 13.9. The first kappa shape index (κ1) is 16.0. The van der Waals surface area contributed by atoms with E-state index in [4.69, 9.17) is 17.3 Å². The number of halogens is 5. The number of esters is 1. The lowest BCUT2D eigenvalue weighted by molar-refractivity contribution is 0.0595. The molecule has 9 heteroatoms. The number of carbonyl (C=O) groups is 1. The number of hydrogen-bond acceptors (Lipinski definition) is 4. The molecule has 0 bridgehead atoms. The van der Waals surface area contributed by atoms with E-state index < -0.39 is 56.9 Å². The van der Waals surface area contributed by atoms with Gasteiger partial charge in [-0.1, -0.05) is 11.6 Å². The zero-order valence-electron chi connectivity index (χ0n) is 10.9. The lowest BCUT2D eigenvalue weighted by Crippen LogP contribution is -2.12. The number of methoxy groups -OCH3 is 1. The average molecular weight is 335 g/mol. The number of nitrogens with zero attached hydrogens (tertiary/aromatic N) is 1. The molecule has 2 rings (SSSR count). The normalized spacial score (nSPS) is 10.6. The van der Waals surface area contributed by atoms with E-state index in [0.717, 1.165) is 7.11 Å². The second-order valence-corrected chi connectivity index (χ2v) is 4.45. The highest BCUT2D eigenvalue weighted by atomic mass is 35.5. The van der Waals surface area contributed by atoms with Gasteiger partial charge in [-0.05, 0) is 6.07 Å². The van der Waals surface area contributed by atoms with Gasteiger partial charge in [0.05, 0.1) is 12.8 Å². The average Bonchev–Trinajstić information content (AvgIpc) is 2.48. The summed E-state index contributed by atoms with van der Waals surface area (Å²) in [6.07, 6.45) is 0. The molecule has 0 aliphatic heterocycles. The van der Waals surface area contributed by atoms with E-state index in [-0.39, 0.29) is 6.07 Å². The molecule has 0 saturated heterocycles. The Morgan fingerprint density at radius 3 is 2.36 bits per heavy atom. The largest absolute Gasteiger partial charge is 0.464 e. The second kappa shape index (κ2) is 5.80. The second-order valence-electron chi connectivity index (χ2n) is 4.09. The van der Waals surface area contributed by atoms with E-state index in [1.807, 2.05) is 0 Å². The van der Waals surface area contributed by atoms with E-state index in [2.05, 4.69) is 9.72 Å². The van der Waals surface area contributed by atoms with Gasteiger partial charge in [-0.2, -0.15) is 0 Å². The minimum Gasteiger partial charge on any atom is -0.464 e. The highest BCUT2D eigenvalue weighted by Crippen LogP contribution is 2.36. The van der Waals surface area contributed by atoms with Crippen molar-refractivity contribution in [3.05, 3.63) is 46.2 Å². The lowest BCUT2D eigenvalue weighted by atomic mass is 10.0. The summed E-state index contributed by atoms with van der Waals surface area (Å²) in [5.41, 5.74) is 2.87. The molecule has 4 nitrogen and oxygen atoms in total. The van der Waals surface area contributed by atoms with Crippen LogP contribution in [0.25, 0.3) is 11.1 Å². The Bertz CT molecular complexity index is 783. The van der Waals surface area contributed by atoms with Crippen LogP contribution >= 0.6 is 11.6 Å². The molecular formula is C13H7ClF4N2O2. The molecule has 0 saturated carbocycles. The Hall–Kier alpha value is -2.35. The van der Waals surface area contributed by atoms with Gasteiger partial charge >= 0.3 is 5.97 Å².